The maximum Gasteiger partial charge on any atom is 0.433 e. The lowest BCUT2D eigenvalue weighted by Gasteiger charge is -2.25. The largest absolute Gasteiger partial charge is 0.433 e. The lowest BCUT2D eigenvalue weighted by molar-refractivity contribution is -0.141. The van der Waals surface area contributed by atoms with Gasteiger partial charge in [0.2, 0.25) is 0 Å². The number of hydrogen-bond acceptors (Lipinski definition) is 3. The van der Waals surface area contributed by atoms with Crippen molar-refractivity contribution in [2.45, 2.75) is 18.7 Å². The smallest absolute Gasteiger partial charge is 0.384 e. The third-order valence-corrected chi connectivity index (χ3v) is 3.33. The first kappa shape index (κ1) is 16.6. The van der Waals surface area contributed by atoms with Crippen LogP contribution in [0.4, 0.5) is 19.0 Å². The molecule has 0 fully saturated rings. The van der Waals surface area contributed by atoms with E-state index in [1.54, 1.807) is 31.2 Å². The molecule has 0 spiro atoms. The Labute approximate surface area is 130 Å². The first-order valence-electron chi connectivity index (χ1n) is 6.45. The molecule has 2 N–H and O–H groups in total. The minimum absolute atomic E-state index is 0.0122. The molecule has 1 aromatic carbocycles. The van der Waals surface area contributed by atoms with E-state index in [-0.39, 0.29) is 12.4 Å². The van der Waals surface area contributed by atoms with Crippen LogP contribution >= 0.6 is 11.6 Å². The molecule has 3 nitrogen and oxygen atoms in total. The van der Waals surface area contributed by atoms with Gasteiger partial charge in [-0.25, -0.2) is 4.98 Å². The Morgan fingerprint density at radius 2 is 1.86 bits per heavy atom. The van der Waals surface area contributed by atoms with Crippen molar-refractivity contribution in [3.63, 3.8) is 0 Å². The fraction of sp³-hybridized carbons (Fsp3) is 0.267. The molecule has 0 aliphatic rings. The number of alkyl halides is 3. The van der Waals surface area contributed by atoms with Gasteiger partial charge >= 0.3 is 6.18 Å². The number of nitrogens with zero attached hydrogens (tertiary/aromatic N) is 1. The summed E-state index contributed by atoms with van der Waals surface area (Å²) in [5.41, 5.74) is -1.74. The summed E-state index contributed by atoms with van der Waals surface area (Å²) in [5, 5.41) is 13.6. The van der Waals surface area contributed by atoms with Crippen molar-refractivity contribution >= 4 is 17.4 Å². The lowest BCUT2D eigenvalue weighted by atomic mass is 9.96. The zero-order chi connectivity index (χ0) is 16.4. The van der Waals surface area contributed by atoms with E-state index >= 15 is 0 Å². The molecule has 0 bridgehead atoms. The molecule has 7 heteroatoms. The van der Waals surface area contributed by atoms with Crippen molar-refractivity contribution in [2.24, 2.45) is 0 Å². The predicted molar refractivity (Wildman–Crippen MR) is 78.8 cm³/mol. The molecular formula is C15H14ClF3N2O. The summed E-state index contributed by atoms with van der Waals surface area (Å²) in [4.78, 5) is 3.49. The van der Waals surface area contributed by atoms with Gasteiger partial charge in [0.05, 0.1) is 0 Å². The second-order valence-corrected chi connectivity index (χ2v) is 5.48. The van der Waals surface area contributed by atoms with E-state index in [1.807, 2.05) is 0 Å². The summed E-state index contributed by atoms with van der Waals surface area (Å²) < 4.78 is 37.8. The van der Waals surface area contributed by atoms with Crippen LogP contribution in [0.25, 0.3) is 0 Å². The lowest BCUT2D eigenvalue weighted by Crippen LogP contribution is -2.31. The van der Waals surface area contributed by atoms with E-state index in [2.05, 4.69) is 10.3 Å². The molecule has 2 aromatic rings. The maximum absolute atomic E-state index is 12.6. The predicted octanol–water partition coefficient (Wildman–Crippen LogP) is 4.07. The summed E-state index contributed by atoms with van der Waals surface area (Å²) in [7, 11) is 0. The van der Waals surface area contributed by atoms with Crippen LogP contribution in [-0.2, 0) is 11.8 Å². The van der Waals surface area contributed by atoms with Gasteiger partial charge in [-0.1, -0.05) is 29.8 Å². The number of benzene rings is 1. The van der Waals surface area contributed by atoms with Gasteiger partial charge in [0, 0.05) is 11.6 Å². The van der Waals surface area contributed by atoms with Crippen molar-refractivity contribution in [1.82, 2.24) is 4.98 Å². The standard InChI is InChI=1S/C15H14ClF3N2O/c1-14(22,10-4-2-5-11(16)8-10)9-20-13-7-3-6-12(21-13)15(17,18)19/h2-8,22H,9H2,1H3,(H,20,21). The second kappa shape index (κ2) is 6.14. The molecule has 0 saturated heterocycles. The highest BCUT2D eigenvalue weighted by Gasteiger charge is 2.32. The van der Waals surface area contributed by atoms with Gasteiger partial charge in [-0.05, 0) is 36.8 Å². The summed E-state index contributed by atoms with van der Waals surface area (Å²) in [6.07, 6.45) is -4.51. The van der Waals surface area contributed by atoms with Crippen molar-refractivity contribution in [1.29, 1.82) is 0 Å². The number of hydrogen-bond donors (Lipinski definition) is 2. The van der Waals surface area contributed by atoms with Gasteiger partial charge in [0.1, 0.15) is 17.1 Å². The number of anilines is 1. The van der Waals surface area contributed by atoms with Gasteiger partial charge in [0.25, 0.3) is 0 Å². The van der Waals surface area contributed by atoms with Crippen LogP contribution in [0.5, 0.6) is 0 Å². The van der Waals surface area contributed by atoms with Crippen molar-refractivity contribution in [3.05, 3.63) is 58.7 Å². The average Bonchev–Trinajstić information content (AvgIpc) is 2.45. The minimum Gasteiger partial charge on any atom is -0.384 e. The molecular weight excluding hydrogens is 317 g/mol. The number of aliphatic hydroxyl groups is 1. The highest BCUT2D eigenvalue weighted by Crippen LogP contribution is 2.29. The zero-order valence-corrected chi connectivity index (χ0v) is 12.4. The molecule has 1 unspecified atom stereocenters. The molecule has 0 saturated carbocycles. The Morgan fingerprint density at radius 3 is 2.50 bits per heavy atom. The molecule has 1 heterocycles. The van der Waals surface area contributed by atoms with Crippen LogP contribution in [0.2, 0.25) is 5.02 Å². The zero-order valence-electron chi connectivity index (χ0n) is 11.7. The highest BCUT2D eigenvalue weighted by molar-refractivity contribution is 6.30. The van der Waals surface area contributed by atoms with Crippen molar-refractivity contribution < 1.29 is 18.3 Å². The summed E-state index contributed by atoms with van der Waals surface area (Å²) in [6, 6.07) is 10.2. The molecule has 1 atom stereocenters. The number of halogens is 4. The third-order valence-electron chi connectivity index (χ3n) is 3.10. The minimum atomic E-state index is -4.51. The Hall–Kier alpha value is -1.79. The summed E-state index contributed by atoms with van der Waals surface area (Å²) in [5.74, 6) is 0.0390. The van der Waals surface area contributed by atoms with Gasteiger partial charge in [-0.2, -0.15) is 13.2 Å². The molecule has 0 amide bonds. The van der Waals surface area contributed by atoms with E-state index in [1.165, 1.54) is 12.1 Å². The maximum atomic E-state index is 12.6. The normalized spacial score (nSPS) is 14.5. The van der Waals surface area contributed by atoms with Crippen LogP contribution < -0.4 is 5.32 Å². The molecule has 0 radical (unpaired) electrons. The molecule has 2 rings (SSSR count). The van der Waals surface area contributed by atoms with Crippen LogP contribution in [0.1, 0.15) is 18.2 Å². The van der Waals surface area contributed by atoms with Gasteiger partial charge < -0.3 is 10.4 Å². The molecule has 118 valence electrons. The van der Waals surface area contributed by atoms with Gasteiger partial charge in [-0.3, -0.25) is 0 Å². The number of aromatic nitrogens is 1. The summed E-state index contributed by atoms with van der Waals surface area (Å²) in [6.45, 7) is 1.53. The quantitative estimate of drug-likeness (QED) is 0.888. The average molecular weight is 331 g/mol. The number of nitrogens with one attached hydrogen (secondary N) is 1. The van der Waals surface area contributed by atoms with E-state index in [0.29, 0.717) is 10.6 Å². The Balaban J connectivity index is 2.12. The van der Waals surface area contributed by atoms with Crippen LogP contribution in [0, 0.1) is 0 Å². The Morgan fingerprint density at radius 1 is 1.18 bits per heavy atom. The Kier molecular flexibility index (Phi) is 4.63. The molecule has 0 aliphatic heterocycles. The number of pyridine rings is 1. The van der Waals surface area contributed by atoms with E-state index in [0.717, 1.165) is 6.07 Å². The first-order chi connectivity index (χ1) is 10.2. The highest BCUT2D eigenvalue weighted by atomic mass is 35.5. The monoisotopic (exact) mass is 330 g/mol. The first-order valence-corrected chi connectivity index (χ1v) is 6.83. The van der Waals surface area contributed by atoms with E-state index < -0.39 is 17.5 Å². The fourth-order valence-electron chi connectivity index (χ4n) is 1.88. The third kappa shape index (κ3) is 4.11. The van der Waals surface area contributed by atoms with Crippen molar-refractivity contribution in [2.75, 3.05) is 11.9 Å². The molecule has 1 aromatic heterocycles. The van der Waals surface area contributed by atoms with Gasteiger partial charge in [-0.15, -0.1) is 0 Å². The topological polar surface area (TPSA) is 45.1 Å². The van der Waals surface area contributed by atoms with Crippen LogP contribution in [0.15, 0.2) is 42.5 Å². The van der Waals surface area contributed by atoms with Crippen LogP contribution in [0.3, 0.4) is 0 Å². The summed E-state index contributed by atoms with van der Waals surface area (Å²) >= 11 is 5.87. The van der Waals surface area contributed by atoms with Crippen LogP contribution in [-0.4, -0.2) is 16.6 Å². The van der Waals surface area contributed by atoms with Crippen molar-refractivity contribution in [3.8, 4) is 0 Å². The SMILES string of the molecule is CC(O)(CNc1cccc(C(F)(F)F)n1)c1cccc(Cl)c1. The Bertz CT molecular complexity index is 659. The van der Waals surface area contributed by atoms with Gasteiger partial charge in [0.15, 0.2) is 0 Å². The fourth-order valence-corrected chi connectivity index (χ4v) is 2.07. The van der Waals surface area contributed by atoms with E-state index in [4.69, 9.17) is 11.6 Å². The molecule has 22 heavy (non-hydrogen) atoms. The second-order valence-electron chi connectivity index (χ2n) is 5.04. The number of rotatable bonds is 4. The molecule has 0 aliphatic carbocycles. The van der Waals surface area contributed by atoms with E-state index in [9.17, 15) is 18.3 Å².